The second-order valence-electron chi connectivity index (χ2n) is 6.92. The van der Waals surface area contributed by atoms with E-state index in [2.05, 4.69) is 0 Å². The first-order valence-corrected chi connectivity index (χ1v) is 8.42. The first-order chi connectivity index (χ1) is 10.1. The lowest BCUT2D eigenvalue weighted by atomic mass is 9.75. The molecule has 2 unspecified atom stereocenters. The van der Waals surface area contributed by atoms with Crippen molar-refractivity contribution in [3.8, 4) is 0 Å². The van der Waals surface area contributed by atoms with Gasteiger partial charge in [0.25, 0.3) is 0 Å². The van der Waals surface area contributed by atoms with E-state index in [1.807, 2.05) is 9.80 Å². The molecule has 5 heteroatoms. The predicted octanol–water partition coefficient (Wildman–Crippen LogP) is 2.42. The number of nitrogens with zero attached hydrogens (tertiary/aromatic N) is 2. The molecular weight excluding hydrogens is 268 g/mol. The van der Waals surface area contributed by atoms with Gasteiger partial charge in [0.15, 0.2) is 0 Å². The molecule has 5 nitrogen and oxygen atoms in total. The smallest absolute Gasteiger partial charge is 0.320 e. The molecule has 118 valence electrons. The van der Waals surface area contributed by atoms with Crippen LogP contribution in [-0.2, 0) is 4.79 Å². The van der Waals surface area contributed by atoms with Crippen molar-refractivity contribution in [2.24, 2.45) is 17.8 Å². The van der Waals surface area contributed by atoms with Gasteiger partial charge in [0.2, 0.25) is 0 Å². The summed E-state index contributed by atoms with van der Waals surface area (Å²) in [5.74, 6) is 0.553. The van der Waals surface area contributed by atoms with Crippen LogP contribution in [0.15, 0.2) is 0 Å². The molecule has 1 saturated carbocycles. The Morgan fingerprint density at radius 3 is 2.10 bits per heavy atom. The van der Waals surface area contributed by atoms with Crippen molar-refractivity contribution in [2.75, 3.05) is 26.2 Å². The summed E-state index contributed by atoms with van der Waals surface area (Å²) in [7, 11) is 0. The third-order valence-corrected chi connectivity index (χ3v) is 5.68. The summed E-state index contributed by atoms with van der Waals surface area (Å²) in [5, 5.41) is 9.03. The van der Waals surface area contributed by atoms with Gasteiger partial charge in [0, 0.05) is 26.2 Å². The van der Waals surface area contributed by atoms with Gasteiger partial charge in [-0.1, -0.05) is 19.3 Å². The Morgan fingerprint density at radius 2 is 1.43 bits per heavy atom. The van der Waals surface area contributed by atoms with Crippen LogP contribution in [0.1, 0.15) is 44.9 Å². The number of fused-ring (bicyclic) bond motifs is 1. The van der Waals surface area contributed by atoms with Gasteiger partial charge in [-0.05, 0) is 37.5 Å². The van der Waals surface area contributed by atoms with Crippen LogP contribution in [0.5, 0.6) is 0 Å². The predicted molar refractivity (Wildman–Crippen MR) is 79.0 cm³/mol. The summed E-state index contributed by atoms with van der Waals surface area (Å²) in [6.07, 6.45) is 7.64. The SMILES string of the molecule is O=C(O)C1CCN(C(=O)N2CCC3CCCCC3C2)CC1. The minimum absolute atomic E-state index is 0.142. The van der Waals surface area contributed by atoms with Crippen molar-refractivity contribution in [2.45, 2.75) is 44.9 Å². The molecule has 2 aliphatic heterocycles. The van der Waals surface area contributed by atoms with E-state index in [4.69, 9.17) is 5.11 Å². The molecule has 2 atom stereocenters. The summed E-state index contributed by atoms with van der Waals surface area (Å²) in [5.41, 5.74) is 0. The number of carbonyl (C=O) groups excluding carboxylic acids is 1. The van der Waals surface area contributed by atoms with Gasteiger partial charge in [-0.2, -0.15) is 0 Å². The van der Waals surface area contributed by atoms with Gasteiger partial charge in [0.1, 0.15) is 0 Å². The average Bonchev–Trinajstić information content (AvgIpc) is 2.54. The second-order valence-corrected chi connectivity index (χ2v) is 6.92. The van der Waals surface area contributed by atoms with Crippen LogP contribution in [-0.4, -0.2) is 53.1 Å². The quantitative estimate of drug-likeness (QED) is 0.808. The molecule has 3 rings (SSSR count). The summed E-state index contributed by atoms with van der Waals surface area (Å²) >= 11 is 0. The van der Waals surface area contributed by atoms with Gasteiger partial charge in [-0.25, -0.2) is 4.79 Å². The maximum Gasteiger partial charge on any atom is 0.320 e. The number of carboxylic acid groups (broad SMARTS) is 1. The molecule has 0 bridgehead atoms. The largest absolute Gasteiger partial charge is 0.481 e. The Kier molecular flexibility index (Phi) is 4.36. The van der Waals surface area contributed by atoms with Crippen molar-refractivity contribution >= 4 is 12.0 Å². The number of carboxylic acids is 1. The highest BCUT2D eigenvalue weighted by Crippen LogP contribution is 2.36. The molecule has 0 aromatic heterocycles. The molecule has 3 aliphatic rings. The highest BCUT2D eigenvalue weighted by atomic mass is 16.4. The number of rotatable bonds is 1. The monoisotopic (exact) mass is 294 g/mol. The Labute approximate surface area is 126 Å². The summed E-state index contributed by atoms with van der Waals surface area (Å²) in [6.45, 7) is 3.00. The maximum atomic E-state index is 12.6. The highest BCUT2D eigenvalue weighted by molar-refractivity contribution is 5.75. The zero-order chi connectivity index (χ0) is 14.8. The van der Waals surface area contributed by atoms with Gasteiger partial charge < -0.3 is 14.9 Å². The van der Waals surface area contributed by atoms with Crippen molar-refractivity contribution in [1.82, 2.24) is 9.80 Å². The molecule has 2 saturated heterocycles. The highest BCUT2D eigenvalue weighted by Gasteiger charge is 2.35. The minimum Gasteiger partial charge on any atom is -0.481 e. The number of likely N-dealkylation sites (tertiary alicyclic amines) is 2. The van der Waals surface area contributed by atoms with Crippen LogP contribution in [0.3, 0.4) is 0 Å². The number of hydrogen-bond acceptors (Lipinski definition) is 2. The van der Waals surface area contributed by atoms with Crippen LogP contribution >= 0.6 is 0 Å². The number of hydrogen-bond donors (Lipinski definition) is 1. The van der Waals surface area contributed by atoms with E-state index in [0.717, 1.165) is 25.4 Å². The zero-order valence-electron chi connectivity index (χ0n) is 12.7. The zero-order valence-corrected chi connectivity index (χ0v) is 12.7. The van der Waals surface area contributed by atoms with E-state index >= 15 is 0 Å². The Balaban J connectivity index is 1.53. The van der Waals surface area contributed by atoms with Gasteiger partial charge >= 0.3 is 12.0 Å². The lowest BCUT2D eigenvalue weighted by Crippen LogP contribution is -2.52. The molecule has 3 fully saturated rings. The second kappa shape index (κ2) is 6.24. The molecule has 21 heavy (non-hydrogen) atoms. The topological polar surface area (TPSA) is 60.9 Å². The number of carbonyl (C=O) groups is 2. The van der Waals surface area contributed by atoms with E-state index in [1.165, 1.54) is 25.7 Å². The third-order valence-electron chi connectivity index (χ3n) is 5.68. The third kappa shape index (κ3) is 3.16. The van der Waals surface area contributed by atoms with Crippen LogP contribution in [0.2, 0.25) is 0 Å². The summed E-state index contributed by atoms with van der Waals surface area (Å²) in [6, 6.07) is 0.142. The van der Waals surface area contributed by atoms with E-state index in [0.29, 0.717) is 31.8 Å². The van der Waals surface area contributed by atoms with Crippen molar-refractivity contribution in [1.29, 1.82) is 0 Å². The lowest BCUT2D eigenvalue weighted by Gasteiger charge is -2.43. The fourth-order valence-corrected chi connectivity index (χ4v) is 4.29. The van der Waals surface area contributed by atoms with E-state index in [1.54, 1.807) is 0 Å². The molecule has 2 heterocycles. The van der Waals surface area contributed by atoms with Crippen LogP contribution in [0.25, 0.3) is 0 Å². The molecule has 0 spiro atoms. The minimum atomic E-state index is -0.717. The van der Waals surface area contributed by atoms with Gasteiger partial charge in [-0.3, -0.25) is 4.79 Å². The lowest BCUT2D eigenvalue weighted by molar-refractivity contribution is -0.143. The maximum absolute atomic E-state index is 12.6. The fraction of sp³-hybridized carbons (Fsp3) is 0.875. The molecule has 1 N–H and O–H groups in total. The molecule has 0 aromatic carbocycles. The van der Waals surface area contributed by atoms with E-state index < -0.39 is 5.97 Å². The first-order valence-electron chi connectivity index (χ1n) is 8.42. The molecule has 0 aromatic rings. The Hall–Kier alpha value is -1.26. The van der Waals surface area contributed by atoms with Gasteiger partial charge in [0.05, 0.1) is 5.92 Å². The normalized spacial score (nSPS) is 30.9. The average molecular weight is 294 g/mol. The fourth-order valence-electron chi connectivity index (χ4n) is 4.29. The van der Waals surface area contributed by atoms with Crippen LogP contribution < -0.4 is 0 Å². The molecule has 2 amide bonds. The number of aliphatic carboxylic acids is 1. The van der Waals surface area contributed by atoms with Crippen LogP contribution in [0.4, 0.5) is 4.79 Å². The molecule has 0 radical (unpaired) electrons. The number of urea groups is 1. The first kappa shape index (κ1) is 14.7. The number of amides is 2. The van der Waals surface area contributed by atoms with Crippen molar-refractivity contribution in [3.05, 3.63) is 0 Å². The number of piperidine rings is 2. The standard InChI is InChI=1S/C16H26N2O3/c19-15(20)13-6-8-17(9-7-13)16(21)18-10-5-12-3-1-2-4-14(12)11-18/h12-14H,1-11H2,(H,19,20). The van der Waals surface area contributed by atoms with Gasteiger partial charge in [-0.15, -0.1) is 0 Å². The molecular formula is C16H26N2O3. The summed E-state index contributed by atoms with van der Waals surface area (Å²) in [4.78, 5) is 27.5. The van der Waals surface area contributed by atoms with E-state index in [-0.39, 0.29) is 11.9 Å². The van der Waals surface area contributed by atoms with Crippen molar-refractivity contribution in [3.63, 3.8) is 0 Å². The van der Waals surface area contributed by atoms with E-state index in [9.17, 15) is 9.59 Å². The Morgan fingerprint density at radius 1 is 0.810 bits per heavy atom. The molecule has 1 aliphatic carbocycles. The van der Waals surface area contributed by atoms with Crippen LogP contribution in [0, 0.1) is 17.8 Å². The summed E-state index contributed by atoms with van der Waals surface area (Å²) < 4.78 is 0. The Bertz CT molecular complexity index is 404. The van der Waals surface area contributed by atoms with Crippen molar-refractivity contribution < 1.29 is 14.7 Å².